The van der Waals surface area contributed by atoms with Crippen LogP contribution < -0.4 is 4.74 Å². The number of alkyl halides is 3. The first-order chi connectivity index (χ1) is 20.5. The van der Waals surface area contributed by atoms with Crippen LogP contribution in [0.5, 0.6) is 5.75 Å². The summed E-state index contributed by atoms with van der Waals surface area (Å²) in [4.78, 5) is 30.2. The van der Waals surface area contributed by atoms with Crippen LogP contribution in [-0.2, 0) is 31.8 Å². The number of methoxy groups -OCH3 is 1. The maximum atomic E-state index is 14.4. The molecule has 2 aromatic carbocycles. The molecule has 0 aromatic heterocycles. The molecule has 7 nitrogen and oxygen atoms in total. The Morgan fingerprint density at radius 1 is 1.05 bits per heavy atom. The van der Waals surface area contributed by atoms with Gasteiger partial charge in [0.2, 0.25) is 0 Å². The molecule has 3 fully saturated rings. The number of rotatable bonds is 5. The molecular weight excluding hydrogens is 575 g/mol. The number of piperidine rings is 1. The number of amides is 1. The average Bonchev–Trinajstić information content (AvgIpc) is 3.86. The Labute approximate surface area is 245 Å². The number of hydrogen-bond donors (Lipinski definition) is 0. The van der Waals surface area contributed by atoms with Crippen molar-refractivity contribution in [2.24, 2.45) is 11.8 Å². The van der Waals surface area contributed by atoms with Gasteiger partial charge in [0.1, 0.15) is 11.4 Å². The van der Waals surface area contributed by atoms with Gasteiger partial charge in [-0.05, 0) is 80.3 Å². The highest BCUT2D eigenvalue weighted by Gasteiger charge is 2.56. The summed E-state index contributed by atoms with van der Waals surface area (Å²) in [5, 5.41) is 0. The second kappa shape index (κ2) is 11.4. The lowest BCUT2D eigenvalue weighted by Crippen LogP contribution is -2.59. The number of carbonyl (C=O) groups excluding carboxylic acids is 2. The van der Waals surface area contributed by atoms with E-state index in [1.807, 2.05) is 0 Å². The van der Waals surface area contributed by atoms with Crippen LogP contribution in [0.25, 0.3) is 0 Å². The van der Waals surface area contributed by atoms with Crippen molar-refractivity contribution in [1.82, 2.24) is 9.80 Å². The lowest BCUT2D eigenvalue weighted by atomic mass is 9.79. The Kier molecular flexibility index (Phi) is 7.87. The highest BCUT2D eigenvalue weighted by atomic mass is 19.4. The van der Waals surface area contributed by atoms with Crippen molar-refractivity contribution in [1.29, 1.82) is 0 Å². The van der Waals surface area contributed by atoms with Gasteiger partial charge in [-0.2, -0.15) is 13.2 Å². The zero-order chi connectivity index (χ0) is 30.5. The van der Waals surface area contributed by atoms with E-state index in [9.17, 15) is 31.5 Å². The standard InChI is InChI=1S/C31H33F5N2O5/c1-41-28(39)25-15-37(11-9-24(25)18-2-6-22(32)7-3-18)23-8-10-30(43-16-23,20-4-5-20)29(40)38-14-19-12-21(31(34,35)36)13-26(33)27(19)42-17-38/h2-3,6-7,12-13,20,23-25H,4-5,8-11,14-17H2,1H3/t23-,24+,25-,30+/m1/s1. The normalized spacial score (nSPS) is 28.1. The predicted octanol–water partition coefficient (Wildman–Crippen LogP) is 5.27. The molecule has 1 amide bonds. The van der Waals surface area contributed by atoms with E-state index in [0.717, 1.165) is 24.5 Å². The molecule has 0 bridgehead atoms. The molecule has 232 valence electrons. The number of fused-ring (bicyclic) bond motifs is 1. The zero-order valence-corrected chi connectivity index (χ0v) is 23.7. The predicted molar refractivity (Wildman–Crippen MR) is 143 cm³/mol. The molecule has 1 saturated carbocycles. The fourth-order valence-electron chi connectivity index (χ4n) is 6.98. The van der Waals surface area contributed by atoms with Crippen LogP contribution in [0.4, 0.5) is 22.0 Å². The van der Waals surface area contributed by atoms with E-state index in [2.05, 4.69) is 4.90 Å². The molecule has 3 heterocycles. The van der Waals surface area contributed by atoms with Crippen molar-refractivity contribution in [3.8, 4) is 5.75 Å². The molecule has 43 heavy (non-hydrogen) atoms. The summed E-state index contributed by atoms with van der Waals surface area (Å²) in [6.45, 7) is 0.852. The van der Waals surface area contributed by atoms with Crippen LogP contribution in [0.2, 0.25) is 0 Å². The quantitative estimate of drug-likeness (QED) is 0.341. The minimum absolute atomic E-state index is 0.0207. The molecular formula is C31H33F5N2O5. The summed E-state index contributed by atoms with van der Waals surface area (Å²) in [6.07, 6.45) is -1.46. The Morgan fingerprint density at radius 3 is 2.42 bits per heavy atom. The monoisotopic (exact) mass is 608 g/mol. The second-order valence-corrected chi connectivity index (χ2v) is 12.0. The summed E-state index contributed by atoms with van der Waals surface area (Å²) < 4.78 is 84.8. The Bertz CT molecular complexity index is 1370. The van der Waals surface area contributed by atoms with Gasteiger partial charge in [0.05, 0.1) is 31.7 Å². The number of carbonyl (C=O) groups is 2. The van der Waals surface area contributed by atoms with Crippen molar-refractivity contribution >= 4 is 11.9 Å². The smallest absolute Gasteiger partial charge is 0.416 e. The lowest BCUT2D eigenvalue weighted by Gasteiger charge is -2.47. The summed E-state index contributed by atoms with van der Waals surface area (Å²) >= 11 is 0. The van der Waals surface area contributed by atoms with E-state index in [1.165, 1.54) is 24.1 Å². The highest BCUT2D eigenvalue weighted by Crippen LogP contribution is 2.49. The number of ether oxygens (including phenoxy) is 3. The average molecular weight is 609 g/mol. The van der Waals surface area contributed by atoms with Crippen LogP contribution in [0.1, 0.15) is 54.7 Å². The summed E-state index contributed by atoms with van der Waals surface area (Å²) in [7, 11) is 1.35. The Morgan fingerprint density at radius 2 is 1.79 bits per heavy atom. The molecule has 0 spiro atoms. The van der Waals surface area contributed by atoms with Gasteiger partial charge < -0.3 is 19.1 Å². The third-order valence-corrected chi connectivity index (χ3v) is 9.40. The Hall–Kier alpha value is -3.25. The summed E-state index contributed by atoms with van der Waals surface area (Å²) in [6, 6.07) is 7.35. The summed E-state index contributed by atoms with van der Waals surface area (Å²) in [5.74, 6) is -3.02. The number of esters is 1. The van der Waals surface area contributed by atoms with Gasteiger partial charge in [0.15, 0.2) is 18.3 Å². The van der Waals surface area contributed by atoms with Crippen LogP contribution >= 0.6 is 0 Å². The first-order valence-corrected chi connectivity index (χ1v) is 14.5. The lowest BCUT2D eigenvalue weighted by molar-refractivity contribution is -0.181. The highest BCUT2D eigenvalue weighted by molar-refractivity contribution is 5.86. The van der Waals surface area contributed by atoms with E-state index < -0.39 is 29.1 Å². The van der Waals surface area contributed by atoms with Gasteiger partial charge in [0.25, 0.3) is 5.91 Å². The summed E-state index contributed by atoms with van der Waals surface area (Å²) in [5.41, 5.74) is -1.43. The maximum Gasteiger partial charge on any atom is 0.416 e. The van der Waals surface area contributed by atoms with Crippen molar-refractivity contribution in [2.45, 2.75) is 62.4 Å². The molecule has 2 aromatic rings. The van der Waals surface area contributed by atoms with Crippen LogP contribution in [0.3, 0.4) is 0 Å². The van der Waals surface area contributed by atoms with E-state index >= 15 is 0 Å². The van der Waals surface area contributed by atoms with Gasteiger partial charge in [-0.3, -0.25) is 14.5 Å². The van der Waals surface area contributed by atoms with Crippen LogP contribution in [0.15, 0.2) is 36.4 Å². The van der Waals surface area contributed by atoms with Gasteiger partial charge in [-0.25, -0.2) is 8.78 Å². The van der Waals surface area contributed by atoms with E-state index in [1.54, 1.807) is 12.1 Å². The SMILES string of the molecule is COC(=O)[C@@H]1CN([C@@H]2CC[C@@](C(=O)N3COc4c(F)cc(C(F)(F)F)cc4C3)(C3CC3)OC2)CC[C@H]1c1ccc(F)cc1. The number of benzene rings is 2. The van der Waals surface area contributed by atoms with Crippen molar-refractivity contribution in [3.63, 3.8) is 0 Å². The largest absolute Gasteiger partial charge is 0.470 e. The van der Waals surface area contributed by atoms with Gasteiger partial charge >= 0.3 is 12.1 Å². The number of hydrogen-bond acceptors (Lipinski definition) is 6. The molecule has 2 saturated heterocycles. The first-order valence-electron chi connectivity index (χ1n) is 14.5. The van der Waals surface area contributed by atoms with Crippen molar-refractivity contribution < 1.29 is 45.8 Å². The van der Waals surface area contributed by atoms with Crippen molar-refractivity contribution in [2.75, 3.05) is 33.5 Å². The molecule has 0 N–H and O–H groups in total. The minimum atomic E-state index is -4.74. The van der Waals surface area contributed by atoms with E-state index in [-0.39, 0.29) is 66.8 Å². The van der Waals surface area contributed by atoms with Crippen LogP contribution in [-0.4, -0.2) is 66.9 Å². The van der Waals surface area contributed by atoms with Gasteiger partial charge in [-0.1, -0.05) is 12.1 Å². The van der Waals surface area contributed by atoms with E-state index in [4.69, 9.17) is 14.2 Å². The minimum Gasteiger partial charge on any atom is -0.470 e. The molecule has 0 radical (unpaired) electrons. The third kappa shape index (κ3) is 5.71. The van der Waals surface area contributed by atoms with E-state index in [0.29, 0.717) is 38.4 Å². The molecule has 4 atom stereocenters. The molecule has 1 aliphatic carbocycles. The van der Waals surface area contributed by atoms with Crippen molar-refractivity contribution in [3.05, 3.63) is 64.7 Å². The van der Waals surface area contributed by atoms with Gasteiger partial charge in [0, 0.05) is 18.2 Å². The Balaban J connectivity index is 1.15. The number of nitrogens with zero attached hydrogens (tertiary/aromatic N) is 2. The number of halogens is 5. The topological polar surface area (TPSA) is 68.3 Å². The fraction of sp³-hybridized carbons (Fsp3) is 0.548. The first kappa shape index (κ1) is 29.8. The molecule has 4 aliphatic rings. The molecule has 0 unspecified atom stereocenters. The third-order valence-electron chi connectivity index (χ3n) is 9.40. The molecule has 3 aliphatic heterocycles. The number of likely N-dealkylation sites (tertiary alicyclic amines) is 1. The van der Waals surface area contributed by atoms with Gasteiger partial charge in [-0.15, -0.1) is 0 Å². The fourth-order valence-corrected chi connectivity index (χ4v) is 6.98. The second-order valence-electron chi connectivity index (χ2n) is 12.0. The molecule has 12 heteroatoms. The zero-order valence-electron chi connectivity index (χ0n) is 23.7. The maximum absolute atomic E-state index is 14.4. The van der Waals surface area contributed by atoms with Crippen LogP contribution in [0, 0.1) is 23.5 Å². The molecule has 6 rings (SSSR count).